The van der Waals surface area contributed by atoms with Crippen molar-refractivity contribution in [1.29, 1.82) is 0 Å². The Kier molecular flexibility index (Phi) is 7.16. The standard InChI is InChI=1S/C26H22BrClN2O3/c1-3-32-24-15-18(14-22(27)25(24)33-16-19-9-7-8-12-23(19)28)13-21-17(2)29-30(26(21)31)20-10-5-4-6-11-20/h4-15H,3,16H2,1-2H3/b21-13+. The molecule has 7 heteroatoms. The second-order valence-corrected chi connectivity index (χ2v) is 8.60. The molecule has 0 aliphatic carbocycles. The normalized spacial score (nSPS) is 14.5. The highest BCUT2D eigenvalue weighted by Crippen LogP contribution is 2.39. The quantitative estimate of drug-likeness (QED) is 0.316. The Morgan fingerprint density at radius 1 is 1.06 bits per heavy atom. The highest BCUT2D eigenvalue weighted by Gasteiger charge is 2.28. The van der Waals surface area contributed by atoms with E-state index in [1.54, 1.807) is 0 Å². The molecule has 0 unspecified atom stereocenters. The maximum atomic E-state index is 13.0. The Bertz CT molecular complexity index is 1240. The molecule has 0 atom stereocenters. The number of benzene rings is 3. The molecular formula is C26H22BrClN2O3. The zero-order chi connectivity index (χ0) is 23.4. The van der Waals surface area contributed by atoms with Gasteiger partial charge in [-0.3, -0.25) is 4.79 Å². The number of carbonyl (C=O) groups is 1. The van der Waals surface area contributed by atoms with Crippen LogP contribution in [0.2, 0.25) is 5.02 Å². The van der Waals surface area contributed by atoms with Crippen molar-refractivity contribution < 1.29 is 14.3 Å². The van der Waals surface area contributed by atoms with Crippen molar-refractivity contribution in [2.75, 3.05) is 11.6 Å². The number of para-hydroxylation sites is 1. The second-order valence-electron chi connectivity index (χ2n) is 7.34. The van der Waals surface area contributed by atoms with Gasteiger partial charge in [0.1, 0.15) is 6.61 Å². The van der Waals surface area contributed by atoms with Crippen LogP contribution >= 0.6 is 27.5 Å². The molecule has 4 rings (SSSR count). The van der Waals surface area contributed by atoms with E-state index >= 15 is 0 Å². The fraction of sp³-hybridized carbons (Fsp3) is 0.154. The Morgan fingerprint density at radius 2 is 1.79 bits per heavy atom. The Balaban J connectivity index is 1.62. The summed E-state index contributed by atoms with van der Waals surface area (Å²) in [6.07, 6.45) is 1.81. The molecule has 0 spiro atoms. The van der Waals surface area contributed by atoms with Crippen LogP contribution in [0.4, 0.5) is 5.69 Å². The number of carbonyl (C=O) groups excluding carboxylic acids is 1. The van der Waals surface area contributed by atoms with Crippen LogP contribution in [-0.4, -0.2) is 18.2 Å². The first-order valence-corrected chi connectivity index (χ1v) is 11.6. The number of nitrogens with zero attached hydrogens (tertiary/aromatic N) is 2. The van der Waals surface area contributed by atoms with E-state index in [1.807, 2.05) is 86.7 Å². The predicted molar refractivity (Wildman–Crippen MR) is 136 cm³/mol. The Morgan fingerprint density at radius 3 is 2.52 bits per heavy atom. The summed E-state index contributed by atoms with van der Waals surface area (Å²) >= 11 is 9.85. The summed E-state index contributed by atoms with van der Waals surface area (Å²) in [5, 5.41) is 6.50. The number of hydrazone groups is 1. The van der Waals surface area contributed by atoms with Gasteiger partial charge in [-0.2, -0.15) is 10.1 Å². The van der Waals surface area contributed by atoms with Crippen molar-refractivity contribution in [3.8, 4) is 11.5 Å². The van der Waals surface area contributed by atoms with Crippen LogP contribution < -0.4 is 14.5 Å². The molecule has 168 valence electrons. The molecule has 0 N–H and O–H groups in total. The molecule has 3 aromatic rings. The third-order valence-corrected chi connectivity index (χ3v) is 5.99. The molecule has 5 nitrogen and oxygen atoms in total. The van der Waals surface area contributed by atoms with Crippen LogP contribution in [0.1, 0.15) is 25.0 Å². The van der Waals surface area contributed by atoms with E-state index in [0.717, 1.165) is 16.8 Å². The fourth-order valence-electron chi connectivity index (χ4n) is 3.43. The first-order chi connectivity index (χ1) is 16.0. The van der Waals surface area contributed by atoms with Crippen LogP contribution in [0, 0.1) is 0 Å². The van der Waals surface area contributed by atoms with Gasteiger partial charge in [-0.25, -0.2) is 0 Å². The molecule has 1 aliphatic rings. The summed E-state index contributed by atoms with van der Waals surface area (Å²) in [5.41, 5.74) is 3.58. The lowest BCUT2D eigenvalue weighted by molar-refractivity contribution is -0.114. The molecule has 3 aromatic carbocycles. The van der Waals surface area contributed by atoms with E-state index in [-0.39, 0.29) is 5.91 Å². The molecule has 1 heterocycles. The van der Waals surface area contributed by atoms with E-state index in [0.29, 0.717) is 45.5 Å². The lowest BCUT2D eigenvalue weighted by Gasteiger charge is -2.15. The number of ether oxygens (including phenoxy) is 2. The van der Waals surface area contributed by atoms with E-state index < -0.39 is 0 Å². The van der Waals surface area contributed by atoms with E-state index in [9.17, 15) is 4.79 Å². The lowest BCUT2D eigenvalue weighted by atomic mass is 10.1. The zero-order valence-corrected chi connectivity index (χ0v) is 20.6. The van der Waals surface area contributed by atoms with Crippen molar-refractivity contribution in [2.24, 2.45) is 5.10 Å². The molecule has 0 saturated carbocycles. The third kappa shape index (κ3) is 5.13. The van der Waals surface area contributed by atoms with E-state index in [4.69, 9.17) is 21.1 Å². The minimum Gasteiger partial charge on any atom is -0.490 e. The molecule has 1 amide bonds. The smallest absolute Gasteiger partial charge is 0.280 e. The largest absolute Gasteiger partial charge is 0.490 e. The highest BCUT2D eigenvalue weighted by molar-refractivity contribution is 9.10. The molecular weight excluding hydrogens is 504 g/mol. The summed E-state index contributed by atoms with van der Waals surface area (Å²) in [4.78, 5) is 13.0. The number of halogens is 2. The van der Waals surface area contributed by atoms with Crippen LogP contribution in [0.15, 0.2) is 81.9 Å². The monoisotopic (exact) mass is 524 g/mol. The minimum absolute atomic E-state index is 0.174. The van der Waals surface area contributed by atoms with Gasteiger partial charge in [-0.05, 0) is 71.7 Å². The van der Waals surface area contributed by atoms with Gasteiger partial charge in [-0.15, -0.1) is 0 Å². The van der Waals surface area contributed by atoms with E-state index in [1.165, 1.54) is 5.01 Å². The van der Waals surface area contributed by atoms with Crippen molar-refractivity contribution in [3.63, 3.8) is 0 Å². The number of amides is 1. The molecule has 33 heavy (non-hydrogen) atoms. The molecule has 0 fully saturated rings. The molecule has 0 radical (unpaired) electrons. The Hall–Kier alpha value is -3.09. The van der Waals surface area contributed by atoms with Crippen LogP contribution in [0.3, 0.4) is 0 Å². The lowest BCUT2D eigenvalue weighted by Crippen LogP contribution is -2.21. The molecule has 0 saturated heterocycles. The number of hydrogen-bond acceptors (Lipinski definition) is 4. The first kappa shape index (κ1) is 23.1. The topological polar surface area (TPSA) is 51.1 Å². The average Bonchev–Trinajstić information content (AvgIpc) is 3.09. The summed E-state index contributed by atoms with van der Waals surface area (Å²) in [5.74, 6) is 0.977. The predicted octanol–water partition coefficient (Wildman–Crippen LogP) is 6.89. The fourth-order valence-corrected chi connectivity index (χ4v) is 4.20. The van der Waals surface area contributed by atoms with Crippen LogP contribution in [0.25, 0.3) is 6.08 Å². The summed E-state index contributed by atoms with van der Waals surface area (Å²) in [7, 11) is 0. The van der Waals surface area contributed by atoms with Gasteiger partial charge < -0.3 is 9.47 Å². The Labute approximate surface area is 206 Å². The number of rotatable bonds is 7. The average molecular weight is 526 g/mol. The van der Waals surface area contributed by atoms with Gasteiger partial charge in [0.2, 0.25) is 0 Å². The zero-order valence-electron chi connectivity index (χ0n) is 18.2. The maximum Gasteiger partial charge on any atom is 0.280 e. The molecule has 0 aromatic heterocycles. The van der Waals surface area contributed by atoms with Crippen LogP contribution in [0.5, 0.6) is 11.5 Å². The summed E-state index contributed by atoms with van der Waals surface area (Å²) < 4.78 is 12.6. The van der Waals surface area contributed by atoms with Gasteiger partial charge in [0.15, 0.2) is 11.5 Å². The van der Waals surface area contributed by atoms with Gasteiger partial charge in [0.05, 0.1) is 28.1 Å². The van der Waals surface area contributed by atoms with Gasteiger partial charge in [-0.1, -0.05) is 48.0 Å². The highest BCUT2D eigenvalue weighted by atomic mass is 79.9. The van der Waals surface area contributed by atoms with Crippen molar-refractivity contribution >= 4 is 50.9 Å². The van der Waals surface area contributed by atoms with Gasteiger partial charge in [0, 0.05) is 10.6 Å². The number of hydrogen-bond donors (Lipinski definition) is 0. The maximum absolute atomic E-state index is 13.0. The minimum atomic E-state index is -0.174. The van der Waals surface area contributed by atoms with Crippen molar-refractivity contribution in [2.45, 2.75) is 20.5 Å². The second kappa shape index (κ2) is 10.2. The van der Waals surface area contributed by atoms with E-state index in [2.05, 4.69) is 21.0 Å². The molecule has 0 bridgehead atoms. The number of anilines is 1. The third-order valence-electron chi connectivity index (χ3n) is 5.04. The molecule has 1 aliphatic heterocycles. The first-order valence-electron chi connectivity index (χ1n) is 10.5. The SMILES string of the molecule is CCOc1cc(/C=C2/C(=O)N(c3ccccc3)N=C2C)cc(Br)c1OCc1ccccc1Cl. The summed E-state index contributed by atoms with van der Waals surface area (Å²) in [6, 6.07) is 20.7. The summed E-state index contributed by atoms with van der Waals surface area (Å²) in [6.45, 7) is 4.50. The van der Waals surface area contributed by atoms with Gasteiger partial charge >= 0.3 is 0 Å². The van der Waals surface area contributed by atoms with Crippen molar-refractivity contribution in [3.05, 3.63) is 92.9 Å². The van der Waals surface area contributed by atoms with Crippen molar-refractivity contribution in [1.82, 2.24) is 0 Å². The van der Waals surface area contributed by atoms with Crippen LogP contribution in [-0.2, 0) is 11.4 Å². The van der Waals surface area contributed by atoms with Gasteiger partial charge in [0.25, 0.3) is 5.91 Å².